The third-order valence-corrected chi connectivity index (χ3v) is 5.24. The molecule has 0 aromatic heterocycles. The van der Waals surface area contributed by atoms with Crippen molar-refractivity contribution in [2.45, 2.75) is 70.3 Å². The number of unbranched alkanes of at least 4 members (excludes halogenated alkanes) is 7. The minimum absolute atomic E-state index is 0.103. The third-order valence-electron chi connectivity index (χ3n) is 4.09. The van der Waals surface area contributed by atoms with E-state index in [1.54, 1.807) is 37.3 Å². The fraction of sp³-hybridized carbons (Fsp3) is 0.684. The third kappa shape index (κ3) is 7.05. The zero-order valence-corrected chi connectivity index (χ0v) is 16.3. The van der Waals surface area contributed by atoms with Crippen LogP contribution in [-0.2, 0) is 24.7 Å². The molecule has 0 aliphatic rings. The van der Waals surface area contributed by atoms with Gasteiger partial charge in [0, 0.05) is 12.2 Å². The van der Waals surface area contributed by atoms with Crippen molar-refractivity contribution in [1.82, 2.24) is 0 Å². The van der Waals surface area contributed by atoms with E-state index >= 15 is 0 Å². The molecule has 0 heterocycles. The Balaban J connectivity index is 2.58. The highest BCUT2D eigenvalue weighted by Crippen LogP contribution is 2.33. The molecule has 6 heteroatoms. The van der Waals surface area contributed by atoms with Gasteiger partial charge in [-0.15, -0.1) is 0 Å². The van der Waals surface area contributed by atoms with Gasteiger partial charge in [0.25, 0.3) is 0 Å². The number of hydrogen-bond donors (Lipinski definition) is 1. The monoisotopic (exact) mass is 372 g/mol. The van der Waals surface area contributed by atoms with Gasteiger partial charge in [0.2, 0.25) is 0 Å². The second kappa shape index (κ2) is 11.6. The fourth-order valence-electron chi connectivity index (χ4n) is 2.78. The minimum atomic E-state index is -4.59. The van der Waals surface area contributed by atoms with Crippen molar-refractivity contribution in [1.29, 1.82) is 0 Å². The van der Waals surface area contributed by atoms with E-state index in [0.29, 0.717) is 0 Å². The maximum absolute atomic E-state index is 12.0. The molecule has 0 amide bonds. The summed E-state index contributed by atoms with van der Waals surface area (Å²) in [5.41, 5.74) is 0.277. The lowest BCUT2D eigenvalue weighted by Crippen LogP contribution is -2.41. The van der Waals surface area contributed by atoms with Crippen LogP contribution in [0.4, 0.5) is 0 Å². The first-order valence-corrected chi connectivity index (χ1v) is 10.7. The SMILES string of the molecule is CCCCCCCCCCOC(OCC)(c1ccccc1)S(=O)(=O)O. The van der Waals surface area contributed by atoms with E-state index in [1.165, 1.54) is 32.1 Å². The van der Waals surface area contributed by atoms with Crippen molar-refractivity contribution in [2.24, 2.45) is 0 Å². The van der Waals surface area contributed by atoms with E-state index in [0.717, 1.165) is 19.3 Å². The zero-order chi connectivity index (χ0) is 18.6. The van der Waals surface area contributed by atoms with Gasteiger partial charge in [-0.3, -0.25) is 4.55 Å². The van der Waals surface area contributed by atoms with Gasteiger partial charge in [0.15, 0.2) is 0 Å². The molecular formula is C19H32O5S. The first-order chi connectivity index (χ1) is 12.0. The number of ether oxygens (including phenoxy) is 2. The van der Waals surface area contributed by atoms with Crippen molar-refractivity contribution < 1.29 is 22.4 Å². The molecule has 0 aliphatic carbocycles. The molecular weight excluding hydrogens is 340 g/mol. The van der Waals surface area contributed by atoms with Gasteiger partial charge >= 0.3 is 15.2 Å². The van der Waals surface area contributed by atoms with Crippen molar-refractivity contribution >= 4 is 10.1 Å². The highest BCUT2D eigenvalue weighted by molar-refractivity contribution is 7.86. The molecule has 1 aromatic rings. The van der Waals surface area contributed by atoms with Crippen LogP contribution in [0.5, 0.6) is 0 Å². The predicted octanol–water partition coefficient (Wildman–Crippen LogP) is 4.88. The molecule has 1 aromatic carbocycles. The number of benzene rings is 1. The Bertz CT molecular complexity index is 558. The molecule has 0 saturated heterocycles. The Morgan fingerprint density at radius 2 is 1.44 bits per heavy atom. The molecule has 1 unspecified atom stereocenters. The van der Waals surface area contributed by atoms with Gasteiger partial charge in [-0.25, -0.2) is 0 Å². The molecule has 0 spiro atoms. The lowest BCUT2D eigenvalue weighted by molar-refractivity contribution is -0.187. The molecule has 0 aliphatic heterocycles. The maximum Gasteiger partial charge on any atom is 0.327 e. The first-order valence-electron chi connectivity index (χ1n) is 9.28. The average molecular weight is 373 g/mol. The van der Waals surface area contributed by atoms with Crippen LogP contribution in [0.1, 0.15) is 70.8 Å². The predicted molar refractivity (Wildman–Crippen MR) is 99.9 cm³/mol. The lowest BCUT2D eigenvalue weighted by atomic mass is 10.1. The molecule has 0 fully saturated rings. The number of rotatable bonds is 14. The van der Waals surface area contributed by atoms with Crippen molar-refractivity contribution in [2.75, 3.05) is 13.2 Å². The highest BCUT2D eigenvalue weighted by atomic mass is 32.2. The normalized spacial score (nSPS) is 14.4. The van der Waals surface area contributed by atoms with Crippen molar-refractivity contribution in [3.8, 4) is 0 Å². The highest BCUT2D eigenvalue weighted by Gasteiger charge is 2.47. The van der Waals surface area contributed by atoms with Crippen LogP contribution in [0.2, 0.25) is 0 Å². The quantitative estimate of drug-likeness (QED) is 0.286. The van der Waals surface area contributed by atoms with Crippen LogP contribution < -0.4 is 0 Å². The molecule has 0 radical (unpaired) electrons. The van der Waals surface area contributed by atoms with E-state index in [4.69, 9.17) is 9.47 Å². The number of hydrogen-bond acceptors (Lipinski definition) is 4. The molecule has 5 nitrogen and oxygen atoms in total. The summed E-state index contributed by atoms with van der Waals surface area (Å²) in [4.78, 5) is 0. The molecule has 1 N–H and O–H groups in total. The van der Waals surface area contributed by atoms with Gasteiger partial charge < -0.3 is 9.47 Å². The Morgan fingerprint density at radius 1 is 0.880 bits per heavy atom. The van der Waals surface area contributed by atoms with Crippen molar-refractivity contribution in [3.05, 3.63) is 35.9 Å². The Morgan fingerprint density at radius 3 is 1.96 bits per heavy atom. The fourth-order valence-corrected chi connectivity index (χ4v) is 3.71. The summed E-state index contributed by atoms with van der Waals surface area (Å²) in [5.74, 6) is 0. The Labute approximate surface area is 152 Å². The van der Waals surface area contributed by atoms with E-state index in [2.05, 4.69) is 6.92 Å². The summed E-state index contributed by atoms with van der Waals surface area (Å²) in [6.45, 7) is 4.18. The molecule has 0 bridgehead atoms. The summed E-state index contributed by atoms with van der Waals surface area (Å²) in [6, 6.07) is 8.30. The lowest BCUT2D eigenvalue weighted by Gasteiger charge is -2.30. The zero-order valence-electron chi connectivity index (χ0n) is 15.4. The van der Waals surface area contributed by atoms with Crippen LogP contribution in [0.3, 0.4) is 0 Å². The van der Waals surface area contributed by atoms with Gasteiger partial charge in [0.1, 0.15) is 0 Å². The first kappa shape index (κ1) is 22.1. The van der Waals surface area contributed by atoms with E-state index in [9.17, 15) is 13.0 Å². The standard InChI is InChI=1S/C19H32O5S/c1-3-5-6-7-8-9-10-14-17-24-19(23-4-2,25(20,21)22)18-15-12-11-13-16-18/h11-13,15-16H,3-10,14,17H2,1-2H3,(H,20,21,22). The molecule has 144 valence electrons. The minimum Gasteiger partial charge on any atom is -0.332 e. The van der Waals surface area contributed by atoms with Gasteiger partial charge in [-0.1, -0.05) is 82.2 Å². The van der Waals surface area contributed by atoms with Crippen LogP contribution in [-0.4, -0.2) is 26.2 Å². The summed E-state index contributed by atoms with van der Waals surface area (Å²) < 4.78 is 44.8. The summed E-state index contributed by atoms with van der Waals surface area (Å²) >= 11 is 0. The van der Waals surface area contributed by atoms with Crippen LogP contribution in [0.25, 0.3) is 0 Å². The average Bonchev–Trinajstić information content (AvgIpc) is 2.59. The van der Waals surface area contributed by atoms with Gasteiger partial charge in [0.05, 0.1) is 6.61 Å². The van der Waals surface area contributed by atoms with Crippen LogP contribution in [0.15, 0.2) is 30.3 Å². The summed E-state index contributed by atoms with van der Waals surface area (Å²) in [6.07, 6.45) is 9.02. The smallest absolute Gasteiger partial charge is 0.327 e. The second-order valence-electron chi connectivity index (χ2n) is 6.15. The largest absolute Gasteiger partial charge is 0.332 e. The Hall–Kier alpha value is -0.950. The second-order valence-corrected chi connectivity index (χ2v) is 7.64. The van der Waals surface area contributed by atoms with E-state index in [1.807, 2.05) is 0 Å². The maximum atomic E-state index is 12.0. The summed E-state index contributed by atoms with van der Waals surface area (Å²) in [5, 5.41) is -2.15. The van der Waals surface area contributed by atoms with Crippen molar-refractivity contribution in [3.63, 3.8) is 0 Å². The van der Waals surface area contributed by atoms with Crippen LogP contribution in [0, 0.1) is 0 Å². The molecule has 0 saturated carbocycles. The Kier molecular flexibility index (Phi) is 10.3. The molecule has 25 heavy (non-hydrogen) atoms. The topological polar surface area (TPSA) is 72.8 Å². The van der Waals surface area contributed by atoms with Crippen LogP contribution >= 0.6 is 0 Å². The van der Waals surface area contributed by atoms with Gasteiger partial charge in [-0.2, -0.15) is 8.42 Å². The van der Waals surface area contributed by atoms with E-state index < -0.39 is 15.2 Å². The molecule has 1 atom stereocenters. The van der Waals surface area contributed by atoms with E-state index in [-0.39, 0.29) is 18.8 Å². The summed E-state index contributed by atoms with van der Waals surface area (Å²) in [7, 11) is -4.59. The van der Waals surface area contributed by atoms with Gasteiger partial charge in [-0.05, 0) is 13.3 Å². The molecule has 1 rings (SSSR count).